The Bertz CT molecular complexity index is 1210. The van der Waals surface area contributed by atoms with Gasteiger partial charge in [0.1, 0.15) is 17.5 Å². The third-order valence-electron chi connectivity index (χ3n) is 6.58. The number of rotatable bonds is 10. The first-order valence-corrected chi connectivity index (χ1v) is 12.9. The first kappa shape index (κ1) is 25.9. The highest BCUT2D eigenvalue weighted by Gasteiger charge is 2.25. The highest BCUT2D eigenvalue weighted by Crippen LogP contribution is 2.26. The molecule has 1 aliphatic rings. The van der Waals surface area contributed by atoms with E-state index in [9.17, 15) is 10.1 Å². The highest BCUT2D eigenvalue weighted by molar-refractivity contribution is 6.30. The van der Waals surface area contributed by atoms with Crippen molar-refractivity contribution in [3.63, 3.8) is 0 Å². The Hall–Kier alpha value is -3.18. The van der Waals surface area contributed by atoms with E-state index in [2.05, 4.69) is 33.7 Å². The van der Waals surface area contributed by atoms with E-state index in [1.54, 1.807) is 28.9 Å². The molecule has 1 unspecified atom stereocenters. The number of hydrogen-bond donors (Lipinski definition) is 2. The zero-order valence-electron chi connectivity index (χ0n) is 20.9. The monoisotopic (exact) mass is 504 g/mol. The van der Waals surface area contributed by atoms with Gasteiger partial charge in [0, 0.05) is 23.7 Å². The molecule has 188 valence electrons. The van der Waals surface area contributed by atoms with E-state index < -0.39 is 0 Å². The molecule has 0 aliphatic carbocycles. The minimum absolute atomic E-state index is 0.137. The van der Waals surface area contributed by atoms with Crippen LogP contribution in [0.4, 0.5) is 5.82 Å². The molecular weight excluding hydrogens is 472 g/mol. The van der Waals surface area contributed by atoms with Crippen LogP contribution < -0.4 is 10.6 Å². The predicted molar refractivity (Wildman–Crippen MR) is 144 cm³/mol. The Kier molecular flexibility index (Phi) is 8.76. The molecule has 1 aromatic heterocycles. The topological polar surface area (TPSA) is 86.0 Å². The zero-order chi connectivity index (χ0) is 25.5. The van der Waals surface area contributed by atoms with Crippen molar-refractivity contribution in [2.75, 3.05) is 45.1 Å². The van der Waals surface area contributed by atoms with Crippen molar-refractivity contribution < 1.29 is 4.79 Å². The van der Waals surface area contributed by atoms with Crippen molar-refractivity contribution in [3.8, 4) is 11.8 Å². The molecule has 0 bridgehead atoms. The van der Waals surface area contributed by atoms with E-state index >= 15 is 0 Å². The van der Waals surface area contributed by atoms with Gasteiger partial charge in [0.05, 0.1) is 5.69 Å². The summed E-state index contributed by atoms with van der Waals surface area (Å²) in [7, 11) is 2.19. The molecule has 0 spiro atoms. The second-order valence-corrected chi connectivity index (χ2v) is 9.96. The number of aryl methyl sites for hydroxylation is 1. The number of anilines is 1. The fourth-order valence-electron chi connectivity index (χ4n) is 4.62. The van der Waals surface area contributed by atoms with E-state index in [0.717, 1.165) is 37.3 Å². The Labute approximate surface area is 218 Å². The second-order valence-electron chi connectivity index (χ2n) is 9.52. The lowest BCUT2D eigenvalue weighted by molar-refractivity contribution is 0.103. The van der Waals surface area contributed by atoms with Gasteiger partial charge in [-0.05, 0) is 83.1 Å². The van der Waals surface area contributed by atoms with Crippen LogP contribution in [0.25, 0.3) is 5.69 Å². The van der Waals surface area contributed by atoms with Crippen LogP contribution in [0.2, 0.25) is 5.02 Å². The first-order valence-electron chi connectivity index (χ1n) is 12.5. The molecule has 1 saturated heterocycles. The summed E-state index contributed by atoms with van der Waals surface area (Å²) in [6.45, 7) is 6.84. The van der Waals surface area contributed by atoms with Crippen molar-refractivity contribution >= 4 is 23.2 Å². The number of benzene rings is 2. The fourth-order valence-corrected chi connectivity index (χ4v) is 4.75. The standard InChI is InChI=1S/C28H33ClN6O/c1-20-6-8-22(9-7-20)27(36)26-25(17-30)28(35(33-26)24-12-10-23(29)11-13-24)32-15-4-14-31-18-21-5-3-16-34(2)19-21/h6-13,21,31-32H,3-5,14-16,18-19H2,1-2H3. The molecule has 36 heavy (non-hydrogen) atoms. The number of halogens is 1. The minimum Gasteiger partial charge on any atom is -0.369 e. The van der Waals surface area contributed by atoms with Crippen LogP contribution in [0.15, 0.2) is 48.5 Å². The van der Waals surface area contributed by atoms with Gasteiger partial charge in [-0.1, -0.05) is 41.4 Å². The Balaban J connectivity index is 1.48. The number of aromatic nitrogens is 2. The molecule has 1 atom stereocenters. The fraction of sp³-hybridized carbons (Fsp3) is 0.393. The summed E-state index contributed by atoms with van der Waals surface area (Å²) in [6.07, 6.45) is 3.42. The smallest absolute Gasteiger partial charge is 0.214 e. The molecule has 0 saturated carbocycles. The summed E-state index contributed by atoms with van der Waals surface area (Å²) < 4.78 is 1.63. The Morgan fingerprint density at radius 2 is 1.92 bits per heavy atom. The van der Waals surface area contributed by atoms with Gasteiger partial charge in [0.15, 0.2) is 5.69 Å². The molecule has 2 aromatic carbocycles. The largest absolute Gasteiger partial charge is 0.369 e. The third-order valence-corrected chi connectivity index (χ3v) is 6.83. The van der Waals surface area contributed by atoms with Crippen LogP contribution in [0.1, 0.15) is 46.4 Å². The van der Waals surface area contributed by atoms with Gasteiger partial charge in [0.25, 0.3) is 0 Å². The zero-order valence-corrected chi connectivity index (χ0v) is 21.7. The molecule has 8 heteroatoms. The number of nitrogens with zero attached hydrogens (tertiary/aromatic N) is 4. The maximum Gasteiger partial charge on any atom is 0.214 e. The predicted octanol–water partition coefficient (Wildman–Crippen LogP) is 4.67. The van der Waals surface area contributed by atoms with E-state index in [1.165, 1.54) is 19.4 Å². The minimum atomic E-state index is -0.276. The van der Waals surface area contributed by atoms with Gasteiger partial charge >= 0.3 is 0 Å². The number of carbonyl (C=O) groups excluding carboxylic acids is 1. The van der Waals surface area contributed by atoms with Gasteiger partial charge in [-0.25, -0.2) is 4.68 Å². The quantitative estimate of drug-likeness (QED) is 0.308. The number of piperidine rings is 1. The van der Waals surface area contributed by atoms with Crippen LogP contribution >= 0.6 is 11.6 Å². The molecule has 2 heterocycles. The van der Waals surface area contributed by atoms with Gasteiger partial charge < -0.3 is 15.5 Å². The van der Waals surface area contributed by atoms with Crippen molar-refractivity contribution in [3.05, 3.63) is 75.9 Å². The molecule has 3 aromatic rings. The van der Waals surface area contributed by atoms with Gasteiger partial charge in [-0.3, -0.25) is 4.79 Å². The number of nitrogens with one attached hydrogen (secondary N) is 2. The first-order chi connectivity index (χ1) is 17.5. The third kappa shape index (κ3) is 6.33. The van der Waals surface area contributed by atoms with Crippen molar-refractivity contribution in [1.29, 1.82) is 5.26 Å². The summed E-state index contributed by atoms with van der Waals surface area (Å²) in [5.41, 5.74) is 2.67. The number of carbonyl (C=O) groups is 1. The number of ketones is 1. The number of hydrogen-bond acceptors (Lipinski definition) is 6. The van der Waals surface area contributed by atoms with Crippen molar-refractivity contribution in [1.82, 2.24) is 20.0 Å². The summed E-state index contributed by atoms with van der Waals surface area (Å²) in [5.74, 6) is 0.939. The number of likely N-dealkylation sites (tertiary alicyclic amines) is 1. The molecule has 0 amide bonds. The summed E-state index contributed by atoms with van der Waals surface area (Å²) in [5, 5.41) is 22.1. The molecule has 4 rings (SSSR count). The lowest BCUT2D eigenvalue weighted by Gasteiger charge is -2.29. The van der Waals surface area contributed by atoms with Gasteiger partial charge in [0.2, 0.25) is 5.78 Å². The normalized spacial score (nSPS) is 16.0. The summed E-state index contributed by atoms with van der Waals surface area (Å²) in [4.78, 5) is 15.7. The van der Waals surface area contributed by atoms with E-state index in [0.29, 0.717) is 28.9 Å². The summed E-state index contributed by atoms with van der Waals surface area (Å²) >= 11 is 6.08. The van der Waals surface area contributed by atoms with Crippen molar-refractivity contribution in [2.45, 2.75) is 26.2 Å². The molecule has 7 nitrogen and oxygen atoms in total. The molecule has 0 radical (unpaired) electrons. The molecule has 2 N–H and O–H groups in total. The Morgan fingerprint density at radius 1 is 1.17 bits per heavy atom. The van der Waals surface area contributed by atoms with Crippen LogP contribution in [-0.2, 0) is 0 Å². The lowest BCUT2D eigenvalue weighted by Crippen LogP contribution is -2.37. The average molecular weight is 505 g/mol. The van der Waals surface area contributed by atoms with Crippen molar-refractivity contribution in [2.24, 2.45) is 5.92 Å². The van der Waals surface area contributed by atoms with Crippen LogP contribution in [0.5, 0.6) is 0 Å². The lowest BCUT2D eigenvalue weighted by atomic mass is 9.98. The maximum absolute atomic E-state index is 13.3. The molecule has 1 fully saturated rings. The maximum atomic E-state index is 13.3. The van der Waals surface area contributed by atoms with Crippen LogP contribution in [-0.4, -0.2) is 60.2 Å². The van der Waals surface area contributed by atoms with Crippen LogP contribution in [0.3, 0.4) is 0 Å². The van der Waals surface area contributed by atoms with E-state index in [1.807, 2.05) is 31.2 Å². The van der Waals surface area contributed by atoms with Gasteiger partial charge in [-0.15, -0.1) is 0 Å². The van der Waals surface area contributed by atoms with E-state index in [-0.39, 0.29) is 17.0 Å². The molecular formula is C28H33ClN6O. The van der Waals surface area contributed by atoms with E-state index in [4.69, 9.17) is 11.6 Å². The Morgan fingerprint density at radius 3 is 2.61 bits per heavy atom. The average Bonchev–Trinajstić information content (AvgIpc) is 3.25. The SMILES string of the molecule is Cc1ccc(C(=O)c2nn(-c3ccc(Cl)cc3)c(NCCCNCC3CCCN(C)C3)c2C#N)cc1. The second kappa shape index (κ2) is 12.2. The number of nitriles is 1. The van der Waals surface area contributed by atoms with Crippen LogP contribution in [0, 0.1) is 24.2 Å². The molecule has 1 aliphatic heterocycles. The van der Waals surface area contributed by atoms with Gasteiger partial charge in [-0.2, -0.15) is 10.4 Å². The highest BCUT2D eigenvalue weighted by atomic mass is 35.5. The summed E-state index contributed by atoms with van der Waals surface area (Å²) in [6, 6.07) is 16.7.